The van der Waals surface area contributed by atoms with Crippen molar-refractivity contribution in [1.29, 1.82) is 0 Å². The van der Waals surface area contributed by atoms with E-state index in [1.165, 1.54) is 0 Å². The Morgan fingerprint density at radius 1 is 1.07 bits per heavy atom. The normalized spacial score (nSPS) is 13.1. The molecule has 1 atom stereocenters. The van der Waals surface area contributed by atoms with E-state index in [1.54, 1.807) is 48.7 Å². The molecule has 0 radical (unpaired) electrons. The van der Waals surface area contributed by atoms with Crippen molar-refractivity contribution in [3.8, 4) is 17.4 Å². The molecule has 0 aliphatic rings. The fraction of sp³-hybridized carbons (Fsp3) is 0.318. The first-order valence-corrected chi connectivity index (χ1v) is 9.81. The third-order valence-corrected chi connectivity index (χ3v) is 4.85. The second-order valence-electron chi connectivity index (χ2n) is 6.66. The number of rotatable bonds is 9. The van der Waals surface area contributed by atoms with E-state index in [-0.39, 0.29) is 0 Å². The van der Waals surface area contributed by atoms with Crippen molar-refractivity contribution in [3.63, 3.8) is 0 Å². The summed E-state index contributed by atoms with van der Waals surface area (Å²) in [6, 6.07) is 12.5. The number of ether oxygens (including phenoxy) is 2. The van der Waals surface area contributed by atoms with Gasteiger partial charge < -0.3 is 9.47 Å². The molecule has 3 aromatic rings. The van der Waals surface area contributed by atoms with E-state index in [9.17, 15) is 4.79 Å². The van der Waals surface area contributed by atoms with Crippen LogP contribution in [0.1, 0.15) is 39.5 Å². The third-order valence-electron chi connectivity index (χ3n) is 4.62. The summed E-state index contributed by atoms with van der Waals surface area (Å²) in [7, 11) is 0. The van der Waals surface area contributed by atoms with Gasteiger partial charge in [0.1, 0.15) is 11.5 Å². The fourth-order valence-corrected chi connectivity index (χ4v) is 3.06. The smallest absolute Gasteiger partial charge is 0.238 e. The van der Waals surface area contributed by atoms with Crippen molar-refractivity contribution in [2.45, 2.75) is 45.1 Å². The van der Waals surface area contributed by atoms with Crippen LogP contribution in [0.5, 0.6) is 17.4 Å². The van der Waals surface area contributed by atoms with Crippen molar-refractivity contribution >= 4 is 28.9 Å². The lowest BCUT2D eigenvalue weighted by atomic mass is 9.95. The molecule has 1 aromatic heterocycles. The number of carbonyl (C=O) groups excluding carboxylic acids is 1. The largest absolute Gasteiger partial charge is 0.480 e. The maximum absolute atomic E-state index is 11.6. The molecule has 0 bridgehead atoms. The predicted octanol–water partition coefficient (Wildman–Crippen LogP) is 5.99. The van der Waals surface area contributed by atoms with Gasteiger partial charge in [0.2, 0.25) is 5.88 Å². The van der Waals surface area contributed by atoms with Gasteiger partial charge in [0.05, 0.1) is 17.2 Å². The number of halogens is 1. The van der Waals surface area contributed by atoms with Crippen LogP contribution in [0.25, 0.3) is 11.0 Å². The Kier molecular flexibility index (Phi) is 6.47. The third kappa shape index (κ3) is 4.78. The monoisotopic (exact) mass is 398 g/mol. The molecule has 3 rings (SSSR count). The molecule has 1 unspecified atom stereocenters. The minimum Gasteiger partial charge on any atom is -0.480 e. The highest BCUT2D eigenvalue weighted by Gasteiger charge is 2.29. The van der Waals surface area contributed by atoms with E-state index in [0.717, 1.165) is 19.1 Å². The molecule has 5 nitrogen and oxygen atoms in total. The Morgan fingerprint density at radius 2 is 1.82 bits per heavy atom. The van der Waals surface area contributed by atoms with E-state index in [0.29, 0.717) is 46.3 Å². The van der Waals surface area contributed by atoms with Crippen LogP contribution in [0, 0.1) is 0 Å². The first-order valence-electron chi connectivity index (χ1n) is 9.43. The number of hydrogen-bond acceptors (Lipinski definition) is 5. The number of aldehydes is 1. The maximum atomic E-state index is 11.6. The zero-order valence-corrected chi connectivity index (χ0v) is 16.8. The predicted molar refractivity (Wildman–Crippen MR) is 110 cm³/mol. The van der Waals surface area contributed by atoms with Crippen LogP contribution in [0.4, 0.5) is 0 Å². The number of hydrogen-bond donors (Lipinski definition) is 0. The topological polar surface area (TPSA) is 61.3 Å². The van der Waals surface area contributed by atoms with Gasteiger partial charge in [-0.1, -0.05) is 31.9 Å². The summed E-state index contributed by atoms with van der Waals surface area (Å²) in [5.74, 6) is 1.63. The second-order valence-corrected chi connectivity index (χ2v) is 7.09. The lowest BCUT2D eigenvalue weighted by Crippen LogP contribution is -2.37. The van der Waals surface area contributed by atoms with Gasteiger partial charge in [-0.25, -0.2) is 9.97 Å². The molecule has 0 saturated carbocycles. The number of nitrogens with zero attached hydrogens (tertiary/aromatic N) is 2. The first-order chi connectivity index (χ1) is 13.6. The van der Waals surface area contributed by atoms with Gasteiger partial charge in [-0.15, -0.1) is 0 Å². The van der Waals surface area contributed by atoms with Crippen molar-refractivity contribution in [2.24, 2.45) is 0 Å². The Balaban J connectivity index is 1.72. The summed E-state index contributed by atoms with van der Waals surface area (Å²) < 4.78 is 11.8. The van der Waals surface area contributed by atoms with Gasteiger partial charge in [0, 0.05) is 5.02 Å². The van der Waals surface area contributed by atoms with Crippen LogP contribution in [0.2, 0.25) is 5.02 Å². The van der Waals surface area contributed by atoms with Crippen LogP contribution >= 0.6 is 11.6 Å². The highest BCUT2D eigenvalue weighted by Crippen LogP contribution is 2.28. The van der Waals surface area contributed by atoms with Gasteiger partial charge in [0.15, 0.2) is 11.9 Å². The molecule has 0 N–H and O–H groups in total. The minimum absolute atomic E-state index is 0.391. The molecule has 0 saturated heterocycles. The van der Waals surface area contributed by atoms with E-state index in [4.69, 9.17) is 21.1 Å². The SMILES string of the molecule is CCCCC(C=O)(CC)Oc1ccc(Oc2cnc3cc(Cl)ccc3n2)cc1. The zero-order chi connectivity index (χ0) is 20.0. The van der Waals surface area contributed by atoms with Crippen LogP contribution in [0.15, 0.2) is 48.7 Å². The fourth-order valence-electron chi connectivity index (χ4n) is 2.89. The van der Waals surface area contributed by atoms with Crippen LogP contribution in [-0.2, 0) is 4.79 Å². The minimum atomic E-state index is -0.774. The highest BCUT2D eigenvalue weighted by atomic mass is 35.5. The Labute approximate surface area is 169 Å². The lowest BCUT2D eigenvalue weighted by molar-refractivity contribution is -0.122. The number of unbranched alkanes of at least 4 members (excludes halogenated alkanes) is 1. The van der Waals surface area contributed by atoms with Gasteiger partial charge in [-0.2, -0.15) is 0 Å². The average Bonchev–Trinajstić information content (AvgIpc) is 2.72. The van der Waals surface area contributed by atoms with Gasteiger partial charge in [-0.05, 0) is 61.7 Å². The molecule has 0 aliphatic carbocycles. The quantitative estimate of drug-likeness (QED) is 0.414. The average molecular weight is 399 g/mol. The number of carbonyl (C=O) groups is 1. The van der Waals surface area contributed by atoms with E-state index >= 15 is 0 Å². The van der Waals surface area contributed by atoms with Crippen molar-refractivity contribution in [2.75, 3.05) is 0 Å². The Bertz CT molecular complexity index is 946. The van der Waals surface area contributed by atoms with Gasteiger partial charge in [-0.3, -0.25) is 4.79 Å². The number of fused-ring (bicyclic) bond motifs is 1. The zero-order valence-electron chi connectivity index (χ0n) is 16.0. The highest BCUT2D eigenvalue weighted by molar-refractivity contribution is 6.31. The van der Waals surface area contributed by atoms with E-state index in [1.807, 2.05) is 6.92 Å². The molecule has 1 heterocycles. The molecule has 28 heavy (non-hydrogen) atoms. The summed E-state index contributed by atoms with van der Waals surface area (Å²) in [4.78, 5) is 20.4. The molecule has 0 fully saturated rings. The standard InChI is InChI=1S/C22H23ClN2O3/c1-3-5-12-22(4-2,15-26)28-18-9-7-17(8-10-18)27-21-14-24-20-13-16(23)6-11-19(20)25-21/h6-11,13-15H,3-5,12H2,1-2H3. The summed E-state index contributed by atoms with van der Waals surface area (Å²) in [6.45, 7) is 4.06. The summed E-state index contributed by atoms with van der Waals surface area (Å²) in [5, 5.41) is 0.614. The van der Waals surface area contributed by atoms with Gasteiger partial charge >= 0.3 is 0 Å². The van der Waals surface area contributed by atoms with Crippen molar-refractivity contribution < 1.29 is 14.3 Å². The molecule has 146 valence electrons. The lowest BCUT2D eigenvalue weighted by Gasteiger charge is -2.28. The maximum Gasteiger partial charge on any atom is 0.238 e. The number of benzene rings is 2. The van der Waals surface area contributed by atoms with Crippen LogP contribution in [-0.4, -0.2) is 21.9 Å². The summed E-state index contributed by atoms with van der Waals surface area (Å²) in [6.07, 6.45) is 5.78. The summed E-state index contributed by atoms with van der Waals surface area (Å²) in [5.41, 5.74) is 0.640. The van der Waals surface area contributed by atoms with Crippen LogP contribution in [0.3, 0.4) is 0 Å². The molecular weight excluding hydrogens is 376 g/mol. The molecule has 0 amide bonds. The van der Waals surface area contributed by atoms with Crippen molar-refractivity contribution in [1.82, 2.24) is 9.97 Å². The molecule has 0 aliphatic heterocycles. The summed E-state index contributed by atoms with van der Waals surface area (Å²) >= 11 is 5.97. The first kappa shape index (κ1) is 20.1. The van der Waals surface area contributed by atoms with Crippen molar-refractivity contribution in [3.05, 3.63) is 53.7 Å². The second kappa shape index (κ2) is 9.02. The Hall–Kier alpha value is -2.66. The molecular formula is C22H23ClN2O3. The van der Waals surface area contributed by atoms with Crippen LogP contribution < -0.4 is 9.47 Å². The van der Waals surface area contributed by atoms with Gasteiger partial charge in [0.25, 0.3) is 0 Å². The molecule has 0 spiro atoms. The Morgan fingerprint density at radius 3 is 2.50 bits per heavy atom. The molecule has 2 aromatic carbocycles. The number of aromatic nitrogens is 2. The van der Waals surface area contributed by atoms with E-state index in [2.05, 4.69) is 16.9 Å². The van der Waals surface area contributed by atoms with E-state index < -0.39 is 5.60 Å². The molecule has 6 heteroatoms.